The number of rotatable bonds is 2. The van der Waals surface area contributed by atoms with Gasteiger partial charge in [-0.05, 0) is 37.5 Å². The van der Waals surface area contributed by atoms with Crippen molar-refractivity contribution in [2.75, 3.05) is 19.7 Å². The molecule has 3 fully saturated rings. The second-order valence-electron chi connectivity index (χ2n) is 5.24. The third-order valence-electron chi connectivity index (χ3n) is 4.64. The van der Waals surface area contributed by atoms with E-state index >= 15 is 0 Å². The quantitative estimate of drug-likeness (QED) is 0.727. The van der Waals surface area contributed by atoms with Crippen LogP contribution >= 0.6 is 0 Å². The molecule has 1 N–H and O–H groups in total. The Morgan fingerprint density at radius 1 is 1.00 bits per heavy atom. The van der Waals surface area contributed by atoms with E-state index in [0.29, 0.717) is 0 Å². The summed E-state index contributed by atoms with van der Waals surface area (Å²) in [5.41, 5.74) is 0.259. The Morgan fingerprint density at radius 3 is 2.00 bits per heavy atom. The fourth-order valence-corrected chi connectivity index (χ4v) is 3.30. The average molecular weight is 195 g/mol. The van der Waals surface area contributed by atoms with E-state index in [1.165, 1.54) is 38.5 Å². The van der Waals surface area contributed by atoms with Gasteiger partial charge in [0.15, 0.2) is 0 Å². The zero-order valence-corrected chi connectivity index (χ0v) is 8.93. The molecule has 14 heavy (non-hydrogen) atoms. The molecule has 3 rings (SSSR count). The van der Waals surface area contributed by atoms with Gasteiger partial charge in [-0.1, -0.05) is 12.8 Å². The summed E-state index contributed by atoms with van der Waals surface area (Å²) in [6, 6.07) is 0. The van der Waals surface area contributed by atoms with Crippen LogP contribution in [-0.4, -0.2) is 25.3 Å². The molecular weight excluding hydrogens is 174 g/mol. The number of morpholine rings is 1. The summed E-state index contributed by atoms with van der Waals surface area (Å²) in [6.07, 6.45) is 8.53. The number of hydrogen-bond acceptors (Lipinski definition) is 2. The van der Waals surface area contributed by atoms with E-state index in [1.807, 2.05) is 0 Å². The molecule has 0 atom stereocenters. The molecule has 2 aliphatic carbocycles. The molecule has 80 valence electrons. The summed E-state index contributed by atoms with van der Waals surface area (Å²) < 4.78 is 6.21. The minimum atomic E-state index is 0.259. The largest absolute Gasteiger partial charge is 0.372 e. The van der Waals surface area contributed by atoms with Gasteiger partial charge in [-0.3, -0.25) is 0 Å². The van der Waals surface area contributed by atoms with Crippen molar-refractivity contribution in [2.24, 2.45) is 11.8 Å². The first-order valence-corrected chi connectivity index (χ1v) is 6.26. The van der Waals surface area contributed by atoms with Gasteiger partial charge in [-0.25, -0.2) is 0 Å². The van der Waals surface area contributed by atoms with Gasteiger partial charge >= 0.3 is 0 Å². The molecule has 1 saturated heterocycles. The Bertz CT molecular complexity index is 186. The van der Waals surface area contributed by atoms with Crippen LogP contribution in [-0.2, 0) is 4.74 Å². The molecule has 2 saturated carbocycles. The van der Waals surface area contributed by atoms with Crippen LogP contribution in [0.3, 0.4) is 0 Å². The van der Waals surface area contributed by atoms with Crippen LogP contribution in [0.1, 0.15) is 38.5 Å². The van der Waals surface area contributed by atoms with Crippen molar-refractivity contribution in [3.63, 3.8) is 0 Å². The monoisotopic (exact) mass is 195 g/mol. The first kappa shape index (κ1) is 9.17. The predicted molar refractivity (Wildman–Crippen MR) is 56.2 cm³/mol. The lowest BCUT2D eigenvalue weighted by Gasteiger charge is -2.54. The number of ether oxygens (including phenoxy) is 1. The van der Waals surface area contributed by atoms with Crippen LogP contribution in [0.4, 0.5) is 0 Å². The van der Waals surface area contributed by atoms with Crippen molar-refractivity contribution in [1.82, 2.24) is 5.32 Å². The molecule has 3 aliphatic rings. The van der Waals surface area contributed by atoms with Gasteiger partial charge in [-0.15, -0.1) is 0 Å². The summed E-state index contributed by atoms with van der Waals surface area (Å²) in [7, 11) is 0. The number of hydrogen-bond donors (Lipinski definition) is 1. The molecule has 1 heterocycles. The zero-order chi connectivity index (χ0) is 9.43. The Hall–Kier alpha value is -0.0800. The molecule has 1 aliphatic heterocycles. The van der Waals surface area contributed by atoms with Crippen molar-refractivity contribution in [3.05, 3.63) is 0 Å². The topological polar surface area (TPSA) is 21.3 Å². The molecule has 2 nitrogen and oxygen atoms in total. The first-order chi connectivity index (χ1) is 6.92. The van der Waals surface area contributed by atoms with E-state index in [4.69, 9.17) is 4.74 Å². The molecule has 2 heteroatoms. The third kappa shape index (κ3) is 1.24. The van der Waals surface area contributed by atoms with Crippen molar-refractivity contribution in [1.29, 1.82) is 0 Å². The minimum absolute atomic E-state index is 0.259. The third-order valence-corrected chi connectivity index (χ3v) is 4.64. The molecular formula is C12H21NO. The molecule has 0 spiro atoms. The first-order valence-electron chi connectivity index (χ1n) is 6.26. The van der Waals surface area contributed by atoms with Crippen molar-refractivity contribution >= 4 is 0 Å². The normalized spacial score (nSPS) is 33.4. The highest BCUT2D eigenvalue weighted by molar-refractivity contribution is 5.03. The maximum atomic E-state index is 6.21. The highest BCUT2D eigenvalue weighted by atomic mass is 16.5. The lowest BCUT2D eigenvalue weighted by Crippen LogP contribution is -2.61. The van der Waals surface area contributed by atoms with E-state index in [0.717, 1.165) is 31.5 Å². The highest BCUT2D eigenvalue weighted by Crippen LogP contribution is 2.49. The van der Waals surface area contributed by atoms with Gasteiger partial charge in [0.25, 0.3) is 0 Å². The van der Waals surface area contributed by atoms with E-state index in [-0.39, 0.29) is 5.60 Å². The lowest BCUT2D eigenvalue weighted by atomic mass is 9.61. The van der Waals surface area contributed by atoms with Gasteiger partial charge in [0.05, 0.1) is 12.2 Å². The van der Waals surface area contributed by atoms with E-state index < -0.39 is 0 Å². The van der Waals surface area contributed by atoms with E-state index in [9.17, 15) is 0 Å². The smallest absolute Gasteiger partial charge is 0.0862 e. The summed E-state index contributed by atoms with van der Waals surface area (Å²) in [5, 5.41) is 3.55. The van der Waals surface area contributed by atoms with Crippen molar-refractivity contribution in [2.45, 2.75) is 44.1 Å². The molecule has 0 unspecified atom stereocenters. The minimum Gasteiger partial charge on any atom is -0.372 e. The maximum Gasteiger partial charge on any atom is 0.0862 e. The molecule has 0 amide bonds. The molecule has 0 aromatic carbocycles. The van der Waals surface area contributed by atoms with Gasteiger partial charge in [0.1, 0.15) is 0 Å². The summed E-state index contributed by atoms with van der Waals surface area (Å²) in [6.45, 7) is 3.12. The molecule has 0 radical (unpaired) electrons. The average Bonchev–Trinajstić information content (AvgIpc) is 1.98. The van der Waals surface area contributed by atoms with E-state index in [1.54, 1.807) is 0 Å². The van der Waals surface area contributed by atoms with Crippen LogP contribution in [0.2, 0.25) is 0 Å². The highest BCUT2D eigenvalue weighted by Gasteiger charge is 2.50. The van der Waals surface area contributed by atoms with Gasteiger partial charge < -0.3 is 10.1 Å². The Morgan fingerprint density at radius 2 is 1.64 bits per heavy atom. The molecule has 0 aromatic heterocycles. The Labute approximate surface area is 86.4 Å². The van der Waals surface area contributed by atoms with Gasteiger partial charge in [0, 0.05) is 13.1 Å². The molecule has 0 aromatic rings. The lowest BCUT2D eigenvalue weighted by molar-refractivity contribution is -0.175. The fraction of sp³-hybridized carbons (Fsp3) is 1.00. The van der Waals surface area contributed by atoms with Crippen LogP contribution in [0.15, 0.2) is 0 Å². The van der Waals surface area contributed by atoms with Crippen molar-refractivity contribution < 1.29 is 4.74 Å². The SMILES string of the molecule is C1CC(C2(C3CCC3)CNCCO2)C1. The van der Waals surface area contributed by atoms with Crippen LogP contribution in [0.5, 0.6) is 0 Å². The zero-order valence-electron chi connectivity index (χ0n) is 8.93. The van der Waals surface area contributed by atoms with Crippen LogP contribution < -0.4 is 5.32 Å². The summed E-state index contributed by atoms with van der Waals surface area (Å²) in [5.74, 6) is 1.75. The van der Waals surface area contributed by atoms with Gasteiger partial charge in [-0.2, -0.15) is 0 Å². The maximum absolute atomic E-state index is 6.21. The summed E-state index contributed by atoms with van der Waals surface area (Å²) >= 11 is 0. The predicted octanol–water partition coefficient (Wildman–Crippen LogP) is 1.95. The van der Waals surface area contributed by atoms with E-state index in [2.05, 4.69) is 5.32 Å². The Balaban J connectivity index is 1.76. The van der Waals surface area contributed by atoms with Gasteiger partial charge in [0.2, 0.25) is 0 Å². The summed E-state index contributed by atoms with van der Waals surface area (Å²) in [4.78, 5) is 0. The van der Waals surface area contributed by atoms with Crippen LogP contribution in [0.25, 0.3) is 0 Å². The second kappa shape index (κ2) is 3.49. The standard InChI is InChI=1S/C12H21NO/c1-3-10(4-1)12(11-5-2-6-11)9-13-7-8-14-12/h10-11,13H,1-9H2. The number of nitrogens with one attached hydrogen (secondary N) is 1. The molecule has 0 bridgehead atoms. The van der Waals surface area contributed by atoms with Crippen molar-refractivity contribution in [3.8, 4) is 0 Å². The second-order valence-corrected chi connectivity index (χ2v) is 5.24. The fourth-order valence-electron chi connectivity index (χ4n) is 3.30. The Kier molecular flexibility index (Phi) is 2.29. The van der Waals surface area contributed by atoms with Crippen LogP contribution in [0, 0.1) is 11.8 Å².